The van der Waals surface area contributed by atoms with Crippen molar-refractivity contribution in [2.75, 3.05) is 5.32 Å². The fourth-order valence-corrected chi connectivity index (χ4v) is 1.80. The molecule has 19 heavy (non-hydrogen) atoms. The molecule has 0 bridgehead atoms. The van der Waals surface area contributed by atoms with Gasteiger partial charge in [-0.3, -0.25) is 4.79 Å². The number of hydrogen-bond donors (Lipinski definition) is 2. The summed E-state index contributed by atoms with van der Waals surface area (Å²) in [6.45, 7) is 1.89. The van der Waals surface area contributed by atoms with E-state index in [-0.39, 0.29) is 5.91 Å². The van der Waals surface area contributed by atoms with Crippen LogP contribution in [0.1, 0.15) is 13.3 Å². The predicted octanol–water partition coefficient (Wildman–Crippen LogP) is 3.03. The van der Waals surface area contributed by atoms with Gasteiger partial charge in [0.1, 0.15) is 0 Å². The highest BCUT2D eigenvalue weighted by Gasteiger charge is 2.10. The molecule has 2 aromatic rings. The Bertz CT molecular complexity index is 534. The van der Waals surface area contributed by atoms with Gasteiger partial charge in [-0.25, -0.2) is 0 Å². The van der Waals surface area contributed by atoms with Crippen molar-refractivity contribution >= 4 is 11.6 Å². The number of amides is 1. The van der Waals surface area contributed by atoms with Gasteiger partial charge in [0.25, 0.3) is 0 Å². The molecule has 0 heterocycles. The highest BCUT2D eigenvalue weighted by atomic mass is 16.2. The third-order valence-corrected chi connectivity index (χ3v) is 3.04. The minimum absolute atomic E-state index is 0.144. The number of nitrogens with one attached hydrogen (secondary N) is 1. The molecule has 2 aromatic carbocycles. The normalized spacial score (nSPS) is 11.9. The topological polar surface area (TPSA) is 55.1 Å². The van der Waals surface area contributed by atoms with Gasteiger partial charge >= 0.3 is 0 Å². The molecule has 2 rings (SSSR count). The van der Waals surface area contributed by atoms with E-state index < -0.39 is 6.04 Å². The Morgan fingerprint density at radius 3 is 2.21 bits per heavy atom. The Morgan fingerprint density at radius 2 is 1.63 bits per heavy atom. The van der Waals surface area contributed by atoms with Crippen LogP contribution in [-0.4, -0.2) is 11.9 Å². The molecule has 0 fully saturated rings. The minimum Gasteiger partial charge on any atom is -0.325 e. The van der Waals surface area contributed by atoms with Gasteiger partial charge in [0, 0.05) is 5.69 Å². The second-order valence-electron chi connectivity index (χ2n) is 4.45. The van der Waals surface area contributed by atoms with Crippen molar-refractivity contribution < 1.29 is 4.79 Å². The molecule has 1 atom stereocenters. The summed E-state index contributed by atoms with van der Waals surface area (Å²) in [6, 6.07) is 17.4. The maximum Gasteiger partial charge on any atom is 0.241 e. The van der Waals surface area contributed by atoms with Gasteiger partial charge in [0.15, 0.2) is 0 Å². The predicted molar refractivity (Wildman–Crippen MR) is 78.8 cm³/mol. The summed E-state index contributed by atoms with van der Waals surface area (Å²) >= 11 is 0. The molecule has 0 aromatic heterocycles. The Hall–Kier alpha value is -2.13. The van der Waals surface area contributed by atoms with Gasteiger partial charge in [0.05, 0.1) is 6.04 Å². The molecule has 0 aliphatic rings. The van der Waals surface area contributed by atoms with Gasteiger partial charge in [-0.05, 0) is 29.7 Å². The molecule has 3 heteroatoms. The zero-order valence-electron chi connectivity index (χ0n) is 11.0. The molecule has 98 valence electrons. The first kappa shape index (κ1) is 13.3. The molecule has 0 saturated carbocycles. The summed E-state index contributed by atoms with van der Waals surface area (Å²) in [7, 11) is 0. The summed E-state index contributed by atoms with van der Waals surface area (Å²) in [5, 5.41) is 2.81. The van der Waals surface area contributed by atoms with Crippen molar-refractivity contribution in [3.63, 3.8) is 0 Å². The lowest BCUT2D eigenvalue weighted by molar-refractivity contribution is -0.117. The third-order valence-electron chi connectivity index (χ3n) is 3.04. The van der Waals surface area contributed by atoms with Crippen LogP contribution in [0.2, 0.25) is 0 Å². The van der Waals surface area contributed by atoms with Crippen molar-refractivity contribution in [3.05, 3.63) is 54.6 Å². The van der Waals surface area contributed by atoms with Crippen LogP contribution in [0, 0.1) is 0 Å². The van der Waals surface area contributed by atoms with E-state index in [9.17, 15) is 4.79 Å². The van der Waals surface area contributed by atoms with E-state index in [2.05, 4.69) is 17.4 Å². The van der Waals surface area contributed by atoms with Crippen LogP contribution in [0.4, 0.5) is 5.69 Å². The summed E-state index contributed by atoms with van der Waals surface area (Å²) in [4.78, 5) is 11.7. The molecule has 0 aliphatic heterocycles. The van der Waals surface area contributed by atoms with Gasteiger partial charge in [0.2, 0.25) is 5.91 Å². The van der Waals surface area contributed by atoms with Gasteiger partial charge in [-0.1, -0.05) is 49.4 Å². The van der Waals surface area contributed by atoms with Crippen LogP contribution in [0.15, 0.2) is 54.6 Å². The number of hydrogen-bond acceptors (Lipinski definition) is 2. The second kappa shape index (κ2) is 6.16. The second-order valence-corrected chi connectivity index (χ2v) is 4.45. The first-order valence-electron chi connectivity index (χ1n) is 6.42. The number of rotatable bonds is 4. The van der Waals surface area contributed by atoms with E-state index >= 15 is 0 Å². The van der Waals surface area contributed by atoms with E-state index in [4.69, 9.17) is 5.73 Å². The van der Waals surface area contributed by atoms with E-state index in [0.717, 1.165) is 16.8 Å². The summed E-state index contributed by atoms with van der Waals surface area (Å²) in [5.41, 5.74) is 8.73. The summed E-state index contributed by atoms with van der Waals surface area (Å²) in [5.74, 6) is -0.144. The van der Waals surface area contributed by atoms with E-state index in [1.165, 1.54) is 0 Å². The van der Waals surface area contributed by atoms with Crippen LogP contribution in [0.5, 0.6) is 0 Å². The van der Waals surface area contributed by atoms with Crippen molar-refractivity contribution in [1.29, 1.82) is 0 Å². The van der Waals surface area contributed by atoms with Crippen LogP contribution < -0.4 is 11.1 Å². The summed E-state index contributed by atoms with van der Waals surface area (Å²) in [6.07, 6.45) is 0.633. The molecular weight excluding hydrogens is 236 g/mol. The maximum atomic E-state index is 11.7. The number of carbonyl (C=O) groups excluding carboxylic acids is 1. The van der Waals surface area contributed by atoms with Crippen LogP contribution in [0.25, 0.3) is 11.1 Å². The quantitative estimate of drug-likeness (QED) is 0.881. The SMILES string of the molecule is CC[C@@H](N)C(=O)Nc1ccc(-c2ccccc2)cc1. The highest BCUT2D eigenvalue weighted by molar-refractivity contribution is 5.94. The van der Waals surface area contributed by atoms with Crippen molar-refractivity contribution in [1.82, 2.24) is 0 Å². The average Bonchev–Trinajstić information content (AvgIpc) is 2.48. The maximum absolute atomic E-state index is 11.7. The zero-order chi connectivity index (χ0) is 13.7. The van der Waals surface area contributed by atoms with Crippen molar-refractivity contribution in [2.24, 2.45) is 5.73 Å². The first-order chi connectivity index (χ1) is 9.20. The molecule has 1 amide bonds. The Balaban J connectivity index is 2.09. The zero-order valence-corrected chi connectivity index (χ0v) is 11.0. The van der Waals surface area contributed by atoms with Gasteiger partial charge in [-0.2, -0.15) is 0 Å². The Morgan fingerprint density at radius 1 is 1.05 bits per heavy atom. The minimum atomic E-state index is -0.450. The van der Waals surface area contributed by atoms with E-state index in [0.29, 0.717) is 6.42 Å². The largest absolute Gasteiger partial charge is 0.325 e. The monoisotopic (exact) mass is 254 g/mol. The molecule has 0 unspecified atom stereocenters. The third kappa shape index (κ3) is 3.42. The number of nitrogens with two attached hydrogens (primary N) is 1. The van der Waals surface area contributed by atoms with E-state index in [1.807, 2.05) is 49.4 Å². The van der Waals surface area contributed by atoms with Crippen molar-refractivity contribution in [2.45, 2.75) is 19.4 Å². The smallest absolute Gasteiger partial charge is 0.241 e. The molecule has 0 spiro atoms. The van der Waals surface area contributed by atoms with Crippen LogP contribution >= 0.6 is 0 Å². The van der Waals surface area contributed by atoms with Gasteiger partial charge < -0.3 is 11.1 Å². The van der Waals surface area contributed by atoms with Crippen LogP contribution in [-0.2, 0) is 4.79 Å². The molecule has 0 radical (unpaired) electrons. The molecule has 3 nitrogen and oxygen atoms in total. The lowest BCUT2D eigenvalue weighted by Crippen LogP contribution is -2.34. The van der Waals surface area contributed by atoms with Crippen LogP contribution in [0.3, 0.4) is 0 Å². The average molecular weight is 254 g/mol. The molecular formula is C16H18N2O. The molecule has 0 aliphatic carbocycles. The molecule has 3 N–H and O–H groups in total. The Kier molecular flexibility index (Phi) is 4.31. The number of anilines is 1. The fourth-order valence-electron chi connectivity index (χ4n) is 1.80. The van der Waals surface area contributed by atoms with Crippen molar-refractivity contribution in [3.8, 4) is 11.1 Å². The Labute approximate surface area is 113 Å². The number of benzene rings is 2. The highest BCUT2D eigenvalue weighted by Crippen LogP contribution is 2.20. The standard InChI is InChI=1S/C16H18N2O/c1-2-15(17)16(19)18-14-10-8-13(9-11-14)12-6-4-3-5-7-12/h3-11,15H,2,17H2,1H3,(H,18,19)/t15-/m1/s1. The summed E-state index contributed by atoms with van der Waals surface area (Å²) < 4.78 is 0. The first-order valence-corrected chi connectivity index (χ1v) is 6.42. The van der Waals surface area contributed by atoms with E-state index in [1.54, 1.807) is 0 Å². The van der Waals surface area contributed by atoms with Gasteiger partial charge in [-0.15, -0.1) is 0 Å². The number of carbonyl (C=O) groups is 1. The lowest BCUT2D eigenvalue weighted by atomic mass is 10.1. The molecule has 0 saturated heterocycles. The lowest BCUT2D eigenvalue weighted by Gasteiger charge is -2.10. The fraction of sp³-hybridized carbons (Fsp3) is 0.188.